The van der Waals surface area contributed by atoms with E-state index >= 15 is 0 Å². The fourth-order valence-electron chi connectivity index (χ4n) is 2.90. The third-order valence-corrected chi connectivity index (χ3v) is 5.18. The van der Waals surface area contributed by atoms with Gasteiger partial charge >= 0.3 is 0 Å². The first kappa shape index (κ1) is 16.9. The second-order valence-electron chi connectivity index (χ2n) is 6.00. The van der Waals surface area contributed by atoms with Crippen molar-refractivity contribution < 1.29 is 4.79 Å². The number of pyridine rings is 1. The second kappa shape index (κ2) is 7.76. The summed E-state index contributed by atoms with van der Waals surface area (Å²) in [7, 11) is 0. The highest BCUT2D eigenvalue weighted by molar-refractivity contribution is 7.99. The molecule has 0 spiro atoms. The van der Waals surface area contributed by atoms with Crippen LogP contribution in [0.15, 0.2) is 35.6 Å². The van der Waals surface area contributed by atoms with Gasteiger partial charge in [-0.3, -0.25) is 4.79 Å². The van der Waals surface area contributed by atoms with E-state index in [4.69, 9.17) is 5.73 Å². The molecule has 3 heterocycles. The van der Waals surface area contributed by atoms with Gasteiger partial charge < -0.3 is 10.6 Å². The standard InChI is InChI=1S/C16H22N6OS/c1-12-9-21(11-14(12)22-10-13(8-17)19-20-22)16(23)5-7-24-15-4-2-3-6-18-15/h2-4,6,10,12,14H,5,7-9,11,17H2,1H3/t12-,14+/m1/s1. The maximum Gasteiger partial charge on any atom is 0.223 e. The third kappa shape index (κ3) is 3.93. The summed E-state index contributed by atoms with van der Waals surface area (Å²) in [5.41, 5.74) is 6.36. The van der Waals surface area contributed by atoms with Crippen molar-refractivity contribution in [2.24, 2.45) is 11.7 Å². The van der Waals surface area contributed by atoms with Gasteiger partial charge in [-0.25, -0.2) is 9.67 Å². The summed E-state index contributed by atoms with van der Waals surface area (Å²) >= 11 is 1.61. The maximum atomic E-state index is 12.4. The normalized spacial score (nSPS) is 20.5. The molecule has 2 N–H and O–H groups in total. The zero-order chi connectivity index (χ0) is 16.9. The minimum absolute atomic E-state index is 0.171. The number of hydrogen-bond acceptors (Lipinski definition) is 6. The molecular formula is C16H22N6OS. The van der Waals surface area contributed by atoms with Crippen LogP contribution in [0.5, 0.6) is 0 Å². The zero-order valence-corrected chi connectivity index (χ0v) is 14.5. The molecule has 0 bridgehead atoms. The van der Waals surface area contributed by atoms with E-state index in [1.54, 1.807) is 18.0 Å². The second-order valence-corrected chi connectivity index (χ2v) is 7.12. The summed E-state index contributed by atoms with van der Waals surface area (Å²) in [6.07, 6.45) is 4.17. The molecule has 8 heteroatoms. The number of thioether (sulfide) groups is 1. The predicted octanol–water partition coefficient (Wildman–Crippen LogP) is 1.33. The van der Waals surface area contributed by atoms with E-state index in [0.29, 0.717) is 25.4 Å². The lowest BCUT2D eigenvalue weighted by Gasteiger charge is -2.16. The average Bonchev–Trinajstić information content (AvgIpc) is 3.22. The van der Waals surface area contributed by atoms with Crippen molar-refractivity contribution in [2.45, 2.75) is 31.0 Å². The Morgan fingerprint density at radius 2 is 2.29 bits per heavy atom. The Morgan fingerprint density at radius 1 is 1.42 bits per heavy atom. The summed E-state index contributed by atoms with van der Waals surface area (Å²) in [6.45, 7) is 3.97. The van der Waals surface area contributed by atoms with Crippen molar-refractivity contribution in [3.05, 3.63) is 36.3 Å². The largest absolute Gasteiger partial charge is 0.340 e. The Hall–Kier alpha value is -1.93. The van der Waals surface area contributed by atoms with Crippen LogP contribution < -0.4 is 5.73 Å². The molecule has 2 atom stereocenters. The molecule has 128 valence electrons. The number of likely N-dealkylation sites (tertiary alicyclic amines) is 1. The van der Waals surface area contributed by atoms with Crippen LogP contribution in [0, 0.1) is 5.92 Å². The van der Waals surface area contributed by atoms with E-state index in [0.717, 1.165) is 23.0 Å². The number of aromatic nitrogens is 4. The minimum atomic E-state index is 0.171. The smallest absolute Gasteiger partial charge is 0.223 e. The molecule has 1 fully saturated rings. The summed E-state index contributed by atoms with van der Waals surface area (Å²) in [4.78, 5) is 18.6. The van der Waals surface area contributed by atoms with Gasteiger partial charge in [-0.15, -0.1) is 16.9 Å². The van der Waals surface area contributed by atoms with E-state index in [2.05, 4.69) is 22.2 Å². The zero-order valence-electron chi connectivity index (χ0n) is 13.7. The molecule has 0 unspecified atom stereocenters. The molecule has 0 saturated carbocycles. The lowest BCUT2D eigenvalue weighted by atomic mass is 10.1. The van der Waals surface area contributed by atoms with Gasteiger partial charge in [0, 0.05) is 38.0 Å². The fourth-order valence-corrected chi connectivity index (χ4v) is 3.70. The molecule has 7 nitrogen and oxygen atoms in total. The molecule has 0 radical (unpaired) electrons. The summed E-state index contributed by atoms with van der Waals surface area (Å²) in [5, 5.41) is 9.15. The molecule has 1 aliphatic rings. The van der Waals surface area contributed by atoms with E-state index < -0.39 is 0 Å². The molecule has 3 rings (SSSR count). The van der Waals surface area contributed by atoms with Crippen LogP contribution in [-0.2, 0) is 11.3 Å². The number of carbonyl (C=O) groups excluding carboxylic acids is 1. The minimum Gasteiger partial charge on any atom is -0.340 e. The van der Waals surface area contributed by atoms with Gasteiger partial charge in [-0.1, -0.05) is 18.2 Å². The Balaban J connectivity index is 1.51. The predicted molar refractivity (Wildman–Crippen MR) is 92.3 cm³/mol. The van der Waals surface area contributed by atoms with Crippen molar-refractivity contribution in [1.29, 1.82) is 0 Å². The first-order valence-electron chi connectivity index (χ1n) is 8.09. The van der Waals surface area contributed by atoms with Gasteiger partial charge in [0.05, 0.1) is 23.0 Å². The Morgan fingerprint density at radius 3 is 3.00 bits per heavy atom. The van der Waals surface area contributed by atoms with Crippen molar-refractivity contribution in [1.82, 2.24) is 24.9 Å². The first-order chi connectivity index (χ1) is 11.7. The third-order valence-electron chi connectivity index (χ3n) is 4.24. The number of carbonyl (C=O) groups is 1. The van der Waals surface area contributed by atoms with Crippen LogP contribution >= 0.6 is 11.8 Å². The molecule has 2 aromatic rings. The van der Waals surface area contributed by atoms with E-state index in [1.165, 1.54) is 0 Å². The average molecular weight is 346 g/mol. The molecule has 1 saturated heterocycles. The van der Waals surface area contributed by atoms with Gasteiger partial charge in [-0.05, 0) is 18.1 Å². The Labute approximate surface area is 145 Å². The summed E-state index contributed by atoms with van der Waals surface area (Å²) in [6, 6.07) is 5.98. The highest BCUT2D eigenvalue weighted by Gasteiger charge is 2.34. The van der Waals surface area contributed by atoms with Gasteiger partial charge in [-0.2, -0.15) is 0 Å². The lowest BCUT2D eigenvalue weighted by molar-refractivity contribution is -0.129. The summed E-state index contributed by atoms with van der Waals surface area (Å²) < 4.78 is 1.85. The van der Waals surface area contributed by atoms with Gasteiger partial charge in [0.25, 0.3) is 0 Å². The van der Waals surface area contributed by atoms with Crippen LogP contribution in [0.1, 0.15) is 25.1 Å². The highest BCUT2D eigenvalue weighted by Crippen LogP contribution is 2.28. The van der Waals surface area contributed by atoms with Crippen molar-refractivity contribution in [3.8, 4) is 0 Å². The lowest BCUT2D eigenvalue weighted by Crippen LogP contribution is -2.29. The van der Waals surface area contributed by atoms with Crippen LogP contribution in [0.25, 0.3) is 0 Å². The fraction of sp³-hybridized carbons (Fsp3) is 0.500. The first-order valence-corrected chi connectivity index (χ1v) is 9.08. The maximum absolute atomic E-state index is 12.4. The Kier molecular flexibility index (Phi) is 5.47. The van der Waals surface area contributed by atoms with Crippen LogP contribution in [0.2, 0.25) is 0 Å². The molecule has 0 aliphatic carbocycles. The topological polar surface area (TPSA) is 89.9 Å². The molecule has 1 amide bonds. The number of amides is 1. The number of nitrogens with two attached hydrogens (primary N) is 1. The van der Waals surface area contributed by atoms with Crippen LogP contribution in [-0.4, -0.2) is 49.6 Å². The van der Waals surface area contributed by atoms with Crippen molar-refractivity contribution in [2.75, 3.05) is 18.8 Å². The van der Waals surface area contributed by atoms with Crippen LogP contribution in [0.3, 0.4) is 0 Å². The molecule has 1 aliphatic heterocycles. The quantitative estimate of drug-likeness (QED) is 0.794. The monoisotopic (exact) mass is 346 g/mol. The van der Waals surface area contributed by atoms with Gasteiger partial charge in [0.15, 0.2) is 0 Å². The van der Waals surface area contributed by atoms with E-state index in [-0.39, 0.29) is 11.9 Å². The highest BCUT2D eigenvalue weighted by atomic mass is 32.2. The molecule has 24 heavy (non-hydrogen) atoms. The van der Waals surface area contributed by atoms with Crippen LogP contribution in [0.4, 0.5) is 0 Å². The number of hydrogen-bond donors (Lipinski definition) is 1. The summed E-state index contributed by atoms with van der Waals surface area (Å²) in [5.74, 6) is 1.28. The van der Waals surface area contributed by atoms with E-state index in [1.807, 2.05) is 34.0 Å². The van der Waals surface area contributed by atoms with Crippen molar-refractivity contribution in [3.63, 3.8) is 0 Å². The van der Waals surface area contributed by atoms with E-state index in [9.17, 15) is 4.79 Å². The van der Waals surface area contributed by atoms with Gasteiger partial charge in [0.2, 0.25) is 5.91 Å². The van der Waals surface area contributed by atoms with Gasteiger partial charge in [0.1, 0.15) is 0 Å². The molecular weight excluding hydrogens is 324 g/mol. The number of nitrogens with zero attached hydrogens (tertiary/aromatic N) is 5. The van der Waals surface area contributed by atoms with Crippen molar-refractivity contribution >= 4 is 17.7 Å². The SMILES string of the molecule is C[C@@H]1CN(C(=O)CCSc2ccccn2)C[C@@H]1n1cc(CN)nn1. The Bertz CT molecular complexity index is 676. The molecule has 2 aromatic heterocycles. The number of rotatable bonds is 6. The molecule has 0 aromatic carbocycles.